The van der Waals surface area contributed by atoms with Crippen LogP contribution in [0.2, 0.25) is 0 Å². The molecule has 4 aromatic heterocycles. The van der Waals surface area contributed by atoms with Crippen LogP contribution in [0, 0.1) is 11.3 Å². The molecule has 1 unspecified atom stereocenters. The van der Waals surface area contributed by atoms with Crippen LogP contribution in [-0.4, -0.2) is 22.2 Å². The zero-order chi connectivity index (χ0) is 39.8. The van der Waals surface area contributed by atoms with E-state index in [4.69, 9.17) is 9.40 Å². The third-order valence-electron chi connectivity index (χ3n) is 12.3. The van der Waals surface area contributed by atoms with Crippen molar-refractivity contribution in [1.82, 2.24) is 14.1 Å². The van der Waals surface area contributed by atoms with Crippen molar-refractivity contribution in [3.8, 4) is 17.4 Å². The molecule has 0 saturated heterocycles. The van der Waals surface area contributed by atoms with E-state index in [0.29, 0.717) is 5.56 Å². The molecule has 4 heterocycles. The number of hydrogen-bond acceptors (Lipinski definition) is 3. The average molecular weight is 783 g/mol. The van der Waals surface area contributed by atoms with Crippen LogP contribution < -0.4 is 20.9 Å². The van der Waals surface area contributed by atoms with Crippen LogP contribution in [0.15, 0.2) is 211 Å². The number of aromatic nitrogens is 3. The second-order valence-electron chi connectivity index (χ2n) is 15.4. The molecule has 0 spiro atoms. The van der Waals surface area contributed by atoms with Crippen LogP contribution in [0.25, 0.3) is 76.9 Å². The topological polar surface area (TPSA) is 59.7 Å². The van der Waals surface area contributed by atoms with Gasteiger partial charge in [-0.15, -0.1) is 0 Å². The highest BCUT2D eigenvalue weighted by atomic mass is 28.3. The van der Waals surface area contributed by atoms with Crippen molar-refractivity contribution in [3.05, 3.63) is 212 Å². The first-order valence-corrected chi connectivity index (χ1v) is 22.2. The lowest BCUT2D eigenvalue weighted by Gasteiger charge is -2.33. The molecule has 60 heavy (non-hydrogen) atoms. The highest BCUT2D eigenvalue weighted by Gasteiger charge is 2.43. The second-order valence-corrected chi connectivity index (χ2v) is 19.2. The Kier molecular flexibility index (Phi) is 7.55. The lowest BCUT2D eigenvalue weighted by Crippen LogP contribution is -2.75. The Balaban J connectivity index is 1.10. The molecule has 6 heteroatoms. The molecular formula is C54H34N4OSi. The zero-order valence-corrected chi connectivity index (χ0v) is 33.3. The SMILES string of the molecule is N#Cc1ccc2c(c1)c1ccccc1n2-c1cccc([Si](c2ccccc2)(c2ccc(-n3c4ccccc4c4c5c(ccc43)oc3ccccc35)cc2)c2ccccn2)c1. The van der Waals surface area contributed by atoms with Crippen LogP contribution in [-0.2, 0) is 0 Å². The highest BCUT2D eigenvalue weighted by Crippen LogP contribution is 2.41. The molecule has 5 nitrogen and oxygen atoms in total. The predicted molar refractivity (Wildman–Crippen MR) is 249 cm³/mol. The van der Waals surface area contributed by atoms with E-state index in [1.807, 2.05) is 36.5 Å². The summed E-state index contributed by atoms with van der Waals surface area (Å²) in [5.74, 6) is 0. The van der Waals surface area contributed by atoms with E-state index in [2.05, 4.69) is 185 Å². The summed E-state index contributed by atoms with van der Waals surface area (Å²) < 4.78 is 11.1. The van der Waals surface area contributed by atoms with Gasteiger partial charge in [-0.2, -0.15) is 5.26 Å². The molecule has 0 fully saturated rings. The molecule has 0 saturated carbocycles. The first-order valence-electron chi connectivity index (χ1n) is 20.2. The average Bonchev–Trinajstić information content (AvgIpc) is 3.98. The molecule has 0 aliphatic rings. The molecule has 8 aromatic carbocycles. The number of para-hydroxylation sites is 3. The molecular weight excluding hydrogens is 749 g/mol. The standard InChI is InChI=1S/C54H34N4OSi/c55-35-36-24-29-48-45(33-36)42-17-4-7-20-46(42)58(48)38-13-12-16-41(34-38)60(39-14-2-1-3-15-39,52-23-10-11-32-56-52)40-27-25-37(26-28-40)57-47-21-8-5-18-43(47)53-49(57)30-31-51-54(53)44-19-6-9-22-50(44)59-51/h1-34H. The lowest BCUT2D eigenvalue weighted by atomic mass is 10.1. The van der Waals surface area contributed by atoms with E-state index >= 15 is 0 Å². The monoisotopic (exact) mass is 782 g/mol. The van der Waals surface area contributed by atoms with Gasteiger partial charge < -0.3 is 13.6 Å². The van der Waals surface area contributed by atoms with Crippen LogP contribution in [0.1, 0.15) is 5.56 Å². The number of furan rings is 1. The first kappa shape index (κ1) is 34.1. The van der Waals surface area contributed by atoms with Gasteiger partial charge in [0.05, 0.1) is 33.7 Å². The van der Waals surface area contributed by atoms with Crippen molar-refractivity contribution in [2.24, 2.45) is 0 Å². The third kappa shape index (κ3) is 4.87. The van der Waals surface area contributed by atoms with Gasteiger partial charge >= 0.3 is 0 Å². The maximum absolute atomic E-state index is 9.81. The molecule has 0 N–H and O–H groups in total. The van der Waals surface area contributed by atoms with E-state index in [9.17, 15) is 5.26 Å². The minimum Gasteiger partial charge on any atom is -0.456 e. The van der Waals surface area contributed by atoms with Gasteiger partial charge in [0.1, 0.15) is 11.2 Å². The van der Waals surface area contributed by atoms with Gasteiger partial charge in [0.25, 0.3) is 0 Å². The lowest BCUT2D eigenvalue weighted by molar-refractivity contribution is 0.669. The van der Waals surface area contributed by atoms with Gasteiger partial charge in [-0.05, 0) is 100 Å². The van der Waals surface area contributed by atoms with Gasteiger partial charge in [0, 0.05) is 55.2 Å². The smallest absolute Gasteiger partial charge is 0.201 e. The van der Waals surface area contributed by atoms with Crippen LogP contribution in [0.5, 0.6) is 0 Å². The van der Waals surface area contributed by atoms with Gasteiger partial charge in [0.2, 0.25) is 8.07 Å². The van der Waals surface area contributed by atoms with Crippen LogP contribution in [0.3, 0.4) is 0 Å². The fourth-order valence-corrected chi connectivity index (χ4v) is 14.4. The maximum Gasteiger partial charge on any atom is 0.201 e. The van der Waals surface area contributed by atoms with Crippen molar-refractivity contribution in [1.29, 1.82) is 5.26 Å². The van der Waals surface area contributed by atoms with Gasteiger partial charge in [-0.25, -0.2) is 0 Å². The Morgan fingerprint density at radius 2 is 1.08 bits per heavy atom. The van der Waals surface area contributed by atoms with E-state index in [0.717, 1.165) is 71.5 Å². The van der Waals surface area contributed by atoms with Gasteiger partial charge in [-0.3, -0.25) is 4.98 Å². The number of rotatable bonds is 6. The summed E-state index contributed by atoms with van der Waals surface area (Å²) in [6.07, 6.45) is 1.93. The van der Waals surface area contributed by atoms with E-state index in [1.54, 1.807) is 0 Å². The summed E-state index contributed by atoms with van der Waals surface area (Å²) in [4.78, 5) is 5.20. The molecule has 12 aromatic rings. The quantitative estimate of drug-likeness (QED) is 0.125. The minimum absolute atomic E-state index is 0.650. The molecule has 0 amide bonds. The fourth-order valence-electron chi connectivity index (χ4n) is 9.83. The summed E-state index contributed by atoms with van der Waals surface area (Å²) in [7, 11) is -3.06. The molecule has 0 radical (unpaired) electrons. The largest absolute Gasteiger partial charge is 0.456 e. The maximum atomic E-state index is 9.81. The molecule has 0 aliphatic heterocycles. The van der Waals surface area contributed by atoms with E-state index in [-0.39, 0.29) is 0 Å². The number of nitriles is 1. The summed E-state index contributed by atoms with van der Waals surface area (Å²) >= 11 is 0. The Labute approximate surface area is 346 Å². The zero-order valence-electron chi connectivity index (χ0n) is 32.3. The number of hydrogen-bond donors (Lipinski definition) is 0. The number of pyridine rings is 1. The first-order chi connectivity index (χ1) is 29.7. The van der Waals surface area contributed by atoms with Crippen LogP contribution in [0.4, 0.5) is 0 Å². The van der Waals surface area contributed by atoms with E-state index < -0.39 is 8.07 Å². The van der Waals surface area contributed by atoms with E-state index in [1.165, 1.54) is 26.3 Å². The van der Waals surface area contributed by atoms with Crippen molar-refractivity contribution >= 4 is 94.5 Å². The summed E-state index contributed by atoms with van der Waals surface area (Å²) in [5.41, 5.74) is 9.04. The Morgan fingerprint density at radius 1 is 0.433 bits per heavy atom. The fraction of sp³-hybridized carbons (Fsp3) is 0. The van der Waals surface area contributed by atoms with Gasteiger partial charge in [-0.1, -0.05) is 115 Å². The number of nitrogens with zero attached hydrogens (tertiary/aromatic N) is 4. The predicted octanol–water partition coefficient (Wildman–Crippen LogP) is 10.4. The van der Waals surface area contributed by atoms with Gasteiger partial charge in [0.15, 0.2) is 0 Å². The molecule has 0 aliphatic carbocycles. The molecule has 280 valence electrons. The summed E-state index contributed by atoms with van der Waals surface area (Å²) in [6, 6.07) is 73.7. The highest BCUT2D eigenvalue weighted by molar-refractivity contribution is 7.19. The third-order valence-corrected chi connectivity index (χ3v) is 17.0. The molecule has 0 bridgehead atoms. The van der Waals surface area contributed by atoms with Crippen molar-refractivity contribution < 1.29 is 4.42 Å². The number of benzene rings is 8. The normalized spacial score (nSPS) is 12.8. The molecule has 12 rings (SSSR count). The summed E-state index contributed by atoms with van der Waals surface area (Å²) in [6.45, 7) is 0. The van der Waals surface area contributed by atoms with Crippen molar-refractivity contribution in [2.75, 3.05) is 0 Å². The number of fused-ring (bicyclic) bond motifs is 10. The van der Waals surface area contributed by atoms with Crippen LogP contribution >= 0.6 is 0 Å². The Morgan fingerprint density at radius 3 is 1.88 bits per heavy atom. The van der Waals surface area contributed by atoms with Crippen molar-refractivity contribution in [2.45, 2.75) is 0 Å². The second kappa shape index (κ2) is 13.3. The molecule has 1 atom stereocenters. The van der Waals surface area contributed by atoms with Crippen molar-refractivity contribution in [3.63, 3.8) is 0 Å². The summed E-state index contributed by atoms with van der Waals surface area (Å²) in [5, 5.41) is 21.4. The minimum atomic E-state index is -3.06. The Bertz CT molecular complexity index is 3630. The Hall–Kier alpha value is -7.98.